The van der Waals surface area contributed by atoms with Gasteiger partial charge in [0.2, 0.25) is 0 Å². The Morgan fingerprint density at radius 2 is 0.724 bits per heavy atom. The number of hydrogen-bond acceptors (Lipinski definition) is 3. The Morgan fingerprint density at radius 3 is 1.22 bits per heavy atom. The molecule has 3 heteroatoms. The lowest BCUT2D eigenvalue weighted by Gasteiger charge is -2.40. The van der Waals surface area contributed by atoms with Crippen LogP contribution >= 0.6 is 0 Å². The van der Waals surface area contributed by atoms with E-state index in [-0.39, 0.29) is 21.7 Å². The molecule has 0 atom stereocenters. The molecule has 10 aromatic rings. The molecule has 1 heterocycles. The van der Waals surface area contributed by atoms with Gasteiger partial charge in [0.25, 0.3) is 0 Å². The van der Waals surface area contributed by atoms with Crippen LogP contribution < -0.4 is 14.5 Å². The molecule has 3 nitrogen and oxygen atoms in total. The predicted octanol–water partition coefficient (Wildman–Crippen LogP) is 20.6. The van der Waals surface area contributed by atoms with Crippen molar-refractivity contribution in [1.29, 1.82) is 0 Å². The largest absolute Gasteiger partial charge is 0.457 e. The first-order chi connectivity index (χ1) is 36.2. The van der Waals surface area contributed by atoms with E-state index in [4.69, 9.17) is 4.74 Å². The zero-order valence-electron chi connectivity index (χ0n) is 46.4. The fourth-order valence-corrected chi connectivity index (χ4v) is 12.2. The molecule has 10 aromatic carbocycles. The molecule has 378 valence electrons. The third kappa shape index (κ3) is 8.01. The van der Waals surface area contributed by atoms with Crippen LogP contribution in [-0.4, -0.2) is 0 Å². The van der Waals surface area contributed by atoms with Gasteiger partial charge in [-0.2, -0.15) is 0 Å². The normalized spacial score (nSPS) is 13.7. The summed E-state index contributed by atoms with van der Waals surface area (Å²) in [6, 6.07) is 77.9. The summed E-state index contributed by atoms with van der Waals surface area (Å²) >= 11 is 0. The Kier molecular flexibility index (Phi) is 11.4. The summed E-state index contributed by atoms with van der Waals surface area (Å²) < 4.78 is 6.99. The van der Waals surface area contributed by atoms with E-state index in [1.807, 2.05) is 0 Å². The second kappa shape index (κ2) is 17.6. The molecule has 1 spiro atoms. The first-order valence-electron chi connectivity index (χ1n) is 27.2. The molecule has 1 aliphatic heterocycles. The summed E-state index contributed by atoms with van der Waals surface area (Å²) in [5.74, 6) is 1.75. The highest BCUT2D eigenvalue weighted by molar-refractivity contribution is 6.20. The molecule has 0 aromatic heterocycles. The topological polar surface area (TPSA) is 15.7 Å². The smallest absolute Gasteiger partial charge is 0.132 e. The fourth-order valence-electron chi connectivity index (χ4n) is 12.2. The summed E-state index contributed by atoms with van der Waals surface area (Å²) in [4.78, 5) is 4.92. The highest BCUT2D eigenvalue weighted by Crippen LogP contribution is 2.65. The lowest BCUT2D eigenvalue weighted by Crippen LogP contribution is -2.32. The predicted molar refractivity (Wildman–Crippen MR) is 323 cm³/mol. The molecule has 0 unspecified atom stereocenters. The maximum absolute atomic E-state index is 6.99. The third-order valence-electron chi connectivity index (χ3n) is 16.3. The molecule has 0 bridgehead atoms. The van der Waals surface area contributed by atoms with Gasteiger partial charge in [0.15, 0.2) is 0 Å². The fraction of sp³-hybridized carbons (Fsp3) is 0.233. The van der Waals surface area contributed by atoms with Crippen LogP contribution in [0.4, 0.5) is 34.1 Å². The summed E-state index contributed by atoms with van der Waals surface area (Å²) in [7, 11) is 0. The third-order valence-corrected chi connectivity index (χ3v) is 16.3. The van der Waals surface area contributed by atoms with Crippen molar-refractivity contribution < 1.29 is 4.74 Å². The van der Waals surface area contributed by atoms with Crippen molar-refractivity contribution in [2.24, 2.45) is 0 Å². The van der Waals surface area contributed by atoms with Crippen molar-refractivity contribution in [3.8, 4) is 22.6 Å². The summed E-state index contributed by atoms with van der Waals surface area (Å²) in [6.45, 7) is 27.5. The molecule has 2 aliphatic rings. The van der Waals surface area contributed by atoms with Crippen molar-refractivity contribution in [1.82, 2.24) is 0 Å². The van der Waals surface area contributed by atoms with Crippen LogP contribution in [0.25, 0.3) is 32.7 Å². The maximum Gasteiger partial charge on any atom is 0.132 e. The second-order valence-corrected chi connectivity index (χ2v) is 25.5. The van der Waals surface area contributed by atoms with Crippen LogP contribution in [0.15, 0.2) is 206 Å². The molecule has 0 fully saturated rings. The molecule has 12 rings (SSSR count). The quantitative estimate of drug-likeness (QED) is 0.154. The minimum Gasteiger partial charge on any atom is -0.457 e. The highest BCUT2D eigenvalue weighted by Gasteiger charge is 2.53. The number of ether oxygens (including phenoxy) is 1. The van der Waals surface area contributed by atoms with E-state index in [1.54, 1.807) is 0 Å². The number of anilines is 6. The number of nitrogens with zero attached hydrogens (tertiary/aromatic N) is 2. The van der Waals surface area contributed by atoms with Crippen molar-refractivity contribution in [2.45, 2.75) is 110 Å². The van der Waals surface area contributed by atoms with Crippen LogP contribution in [0.1, 0.15) is 128 Å². The average Bonchev–Trinajstić information content (AvgIpc) is 3.87. The van der Waals surface area contributed by atoms with E-state index in [1.165, 1.54) is 66.1 Å². The minimum atomic E-state index is -0.756. The first-order valence-corrected chi connectivity index (χ1v) is 27.2. The van der Waals surface area contributed by atoms with Gasteiger partial charge in [-0.15, -0.1) is 0 Å². The highest BCUT2D eigenvalue weighted by atomic mass is 16.5. The van der Waals surface area contributed by atoms with Gasteiger partial charge < -0.3 is 14.5 Å². The summed E-state index contributed by atoms with van der Waals surface area (Å²) in [5.41, 5.74) is 18.5. The van der Waals surface area contributed by atoms with Gasteiger partial charge in [0.1, 0.15) is 11.5 Å². The lowest BCUT2D eigenvalue weighted by atomic mass is 9.65. The number of para-hydroxylation sites is 2. The molecule has 76 heavy (non-hydrogen) atoms. The van der Waals surface area contributed by atoms with Crippen molar-refractivity contribution in [3.05, 3.63) is 251 Å². The summed E-state index contributed by atoms with van der Waals surface area (Å²) in [5, 5.41) is 4.90. The standard InChI is InChI=1S/C73H70N2O/c1-69(2,3)47-31-35-51(36-32-47)74(53-23-19-21-49(43-53)71(7,8)9)55-39-41-59-61(45-55)57-25-13-14-26-58(57)67-60-42-40-56(46-64(60)73(68(59)67)62-27-15-17-29-65(62)76-66-30-18-16-28-63(66)73)75(52-37-33-48(34-38-52)70(4,5)6)54-24-20-22-50(44-54)72(10,11)12/h13-46H,1-12H3. The van der Waals surface area contributed by atoms with Crippen LogP contribution in [0, 0.1) is 0 Å². The van der Waals surface area contributed by atoms with E-state index in [0.717, 1.165) is 56.8 Å². The van der Waals surface area contributed by atoms with Gasteiger partial charge in [-0.3, -0.25) is 0 Å². The van der Waals surface area contributed by atoms with E-state index in [2.05, 4.69) is 299 Å². The van der Waals surface area contributed by atoms with Crippen molar-refractivity contribution >= 4 is 55.7 Å². The van der Waals surface area contributed by atoms with Crippen LogP contribution in [0.5, 0.6) is 11.5 Å². The lowest BCUT2D eigenvalue weighted by molar-refractivity contribution is 0.437. The second-order valence-electron chi connectivity index (χ2n) is 25.5. The van der Waals surface area contributed by atoms with Gasteiger partial charge in [0.05, 0.1) is 5.41 Å². The molecule has 1 aliphatic carbocycles. The molecule has 0 saturated carbocycles. The number of fused-ring (bicyclic) bond motifs is 14. The van der Waals surface area contributed by atoms with Crippen molar-refractivity contribution in [2.75, 3.05) is 9.80 Å². The maximum atomic E-state index is 6.99. The van der Waals surface area contributed by atoms with E-state index in [9.17, 15) is 0 Å². The molecule has 0 N–H and O–H groups in total. The Labute approximate surface area is 451 Å². The molecule has 0 saturated heterocycles. The van der Waals surface area contributed by atoms with E-state index < -0.39 is 5.41 Å². The Bertz CT molecular complexity index is 3840. The van der Waals surface area contributed by atoms with Crippen molar-refractivity contribution in [3.63, 3.8) is 0 Å². The van der Waals surface area contributed by atoms with Gasteiger partial charge >= 0.3 is 0 Å². The Morgan fingerprint density at radius 1 is 0.303 bits per heavy atom. The van der Waals surface area contributed by atoms with E-state index in [0.29, 0.717) is 0 Å². The monoisotopic (exact) mass is 991 g/mol. The molecular formula is C73H70N2O. The molecule has 0 radical (unpaired) electrons. The Balaban J connectivity index is 1.16. The van der Waals surface area contributed by atoms with Crippen LogP contribution in [0.2, 0.25) is 0 Å². The number of hydrogen-bond donors (Lipinski definition) is 0. The zero-order valence-corrected chi connectivity index (χ0v) is 46.4. The Hall–Kier alpha value is -7.88. The van der Waals surface area contributed by atoms with Crippen LogP contribution in [-0.2, 0) is 27.1 Å². The zero-order chi connectivity index (χ0) is 53.1. The number of rotatable bonds is 6. The first kappa shape index (κ1) is 49.0. The molecule has 0 amide bonds. The van der Waals surface area contributed by atoms with Gasteiger partial charge in [-0.1, -0.05) is 204 Å². The van der Waals surface area contributed by atoms with Gasteiger partial charge in [-0.05, 0) is 173 Å². The minimum absolute atomic E-state index is 0.0186. The molecular weight excluding hydrogens is 921 g/mol. The average molecular weight is 991 g/mol. The number of benzene rings is 10. The van der Waals surface area contributed by atoms with E-state index >= 15 is 0 Å². The summed E-state index contributed by atoms with van der Waals surface area (Å²) in [6.07, 6.45) is 0. The van der Waals surface area contributed by atoms with Gasteiger partial charge in [-0.25, -0.2) is 0 Å². The van der Waals surface area contributed by atoms with Gasteiger partial charge in [0, 0.05) is 45.3 Å². The van der Waals surface area contributed by atoms with Crippen LogP contribution in [0.3, 0.4) is 0 Å². The SMILES string of the molecule is CC(C)(C)c1ccc(N(c2cccc(C(C)(C)C)c2)c2ccc3c(c2)C2(c4ccccc4Oc4ccccc42)c2c-3c3ccccc3c3cc(N(c4ccc(C(C)(C)C)cc4)c4cccc(C(C)(C)C)c4)ccc23)cc1.